The second-order valence-electron chi connectivity index (χ2n) is 0.829. The topological polar surface area (TPSA) is 73.1 Å². The lowest BCUT2D eigenvalue weighted by Crippen LogP contribution is -2.06. The van der Waals surface area contributed by atoms with Crippen LogP contribution in [0.1, 0.15) is 0 Å². The van der Waals surface area contributed by atoms with Gasteiger partial charge in [-0.25, -0.2) is 4.21 Å². The molecule has 4 nitrogen and oxygen atoms in total. The molecule has 0 aliphatic rings. The van der Waals surface area contributed by atoms with Gasteiger partial charge in [-0.2, -0.15) is 5.26 Å². The largest absolute Gasteiger partial charge is 0.289 e. The third-order valence-corrected chi connectivity index (χ3v) is 0.664. The highest BCUT2D eigenvalue weighted by molar-refractivity contribution is 7.77. The summed E-state index contributed by atoms with van der Waals surface area (Å²) in [4.78, 5) is 0. The summed E-state index contributed by atoms with van der Waals surface area (Å²) in [7, 11) is 0. The van der Waals surface area contributed by atoms with Crippen molar-refractivity contribution in [2.75, 3.05) is 0 Å². The minimum absolute atomic E-state index is 1.06. The smallest absolute Gasteiger partial charge is 0.258 e. The molecule has 0 radical (unpaired) electrons. The molecule has 0 aliphatic heterocycles. The van der Waals surface area contributed by atoms with Gasteiger partial charge in [0.25, 0.3) is 11.3 Å². The van der Waals surface area contributed by atoms with E-state index < -0.39 is 11.3 Å². The molecule has 0 spiro atoms. The average Bonchev–Trinajstić information content (AvgIpc) is 1.66. The van der Waals surface area contributed by atoms with Crippen LogP contribution < -0.4 is 4.72 Å². The number of nitriles is 1. The van der Waals surface area contributed by atoms with Gasteiger partial charge in [0.05, 0.1) is 6.07 Å². The van der Waals surface area contributed by atoms with Gasteiger partial charge in [0, 0.05) is 12.3 Å². The third-order valence-electron chi connectivity index (χ3n) is 0.327. The van der Waals surface area contributed by atoms with Crippen molar-refractivity contribution in [3.8, 4) is 6.07 Å². The standard InChI is InChI=1S/C3H4N2O2S/c4-2-1-3-5-8(6)7/h1,3,5H,(H,6,7). The Bertz CT molecular complexity index is 148. The fourth-order valence-electron chi connectivity index (χ4n) is 0.129. The fraction of sp³-hybridized carbons (Fsp3) is 0. The molecule has 2 N–H and O–H groups in total. The summed E-state index contributed by atoms with van der Waals surface area (Å²) >= 11 is -2.05. The molecule has 0 heterocycles. The van der Waals surface area contributed by atoms with Gasteiger partial charge in [-0.1, -0.05) is 0 Å². The van der Waals surface area contributed by atoms with Crippen molar-refractivity contribution >= 4 is 11.3 Å². The van der Waals surface area contributed by atoms with Crippen molar-refractivity contribution in [1.29, 1.82) is 5.26 Å². The number of hydrogen-bond donors (Lipinski definition) is 2. The first kappa shape index (κ1) is 7.14. The normalized spacial score (nSPS) is 13.0. The predicted molar refractivity (Wildman–Crippen MR) is 28.7 cm³/mol. The highest BCUT2D eigenvalue weighted by Gasteiger charge is 1.78. The summed E-state index contributed by atoms with van der Waals surface area (Å²) < 4.78 is 19.7. The van der Waals surface area contributed by atoms with Crippen LogP contribution in [0.2, 0.25) is 0 Å². The summed E-state index contributed by atoms with van der Waals surface area (Å²) in [5, 5.41) is 7.82. The molecule has 44 valence electrons. The predicted octanol–water partition coefficient (Wildman–Crippen LogP) is -0.250. The van der Waals surface area contributed by atoms with Gasteiger partial charge in [-0.05, 0) is 0 Å². The first-order valence-corrected chi connectivity index (χ1v) is 2.79. The molecule has 0 aromatic carbocycles. The van der Waals surface area contributed by atoms with Gasteiger partial charge < -0.3 is 0 Å². The van der Waals surface area contributed by atoms with E-state index in [1.165, 1.54) is 0 Å². The number of nitrogens with zero attached hydrogens (tertiary/aromatic N) is 1. The molecule has 0 saturated heterocycles. The van der Waals surface area contributed by atoms with Crippen LogP contribution in [-0.4, -0.2) is 8.76 Å². The van der Waals surface area contributed by atoms with Gasteiger partial charge in [0.2, 0.25) is 0 Å². The van der Waals surface area contributed by atoms with Gasteiger partial charge in [-0.15, -0.1) is 0 Å². The Morgan fingerprint density at radius 1 is 1.88 bits per heavy atom. The van der Waals surface area contributed by atoms with Crippen molar-refractivity contribution < 1.29 is 8.76 Å². The molecule has 0 fully saturated rings. The number of hydrogen-bond acceptors (Lipinski definition) is 2. The van der Waals surface area contributed by atoms with Crippen LogP contribution in [-0.2, 0) is 11.3 Å². The van der Waals surface area contributed by atoms with E-state index in [1.54, 1.807) is 6.07 Å². The van der Waals surface area contributed by atoms with Crippen molar-refractivity contribution in [2.24, 2.45) is 0 Å². The lowest BCUT2D eigenvalue weighted by Gasteiger charge is -1.84. The molecule has 0 bridgehead atoms. The highest BCUT2D eigenvalue weighted by Crippen LogP contribution is 1.64. The first-order chi connectivity index (χ1) is 3.77. The maximum Gasteiger partial charge on any atom is 0.258 e. The van der Waals surface area contributed by atoms with Crippen LogP contribution in [0.5, 0.6) is 0 Å². The van der Waals surface area contributed by atoms with Crippen molar-refractivity contribution in [3.63, 3.8) is 0 Å². The van der Waals surface area contributed by atoms with Gasteiger partial charge in [0.15, 0.2) is 0 Å². The Kier molecular flexibility index (Phi) is 3.84. The highest BCUT2D eigenvalue weighted by atomic mass is 32.2. The van der Waals surface area contributed by atoms with Gasteiger partial charge in [-0.3, -0.25) is 9.27 Å². The van der Waals surface area contributed by atoms with Crippen LogP contribution in [0.25, 0.3) is 0 Å². The zero-order chi connectivity index (χ0) is 6.41. The maximum absolute atomic E-state index is 9.71. The van der Waals surface area contributed by atoms with E-state index in [4.69, 9.17) is 9.81 Å². The van der Waals surface area contributed by atoms with Gasteiger partial charge in [0.1, 0.15) is 0 Å². The average molecular weight is 132 g/mol. The van der Waals surface area contributed by atoms with E-state index in [0.29, 0.717) is 0 Å². The first-order valence-electron chi connectivity index (χ1n) is 1.69. The monoisotopic (exact) mass is 132 g/mol. The lowest BCUT2D eigenvalue weighted by molar-refractivity contribution is 0.558. The summed E-state index contributed by atoms with van der Waals surface area (Å²) in [6, 6.07) is 1.63. The Balaban J connectivity index is 3.34. The Labute approximate surface area is 49.2 Å². The molecule has 0 aliphatic carbocycles. The molecule has 1 unspecified atom stereocenters. The number of allylic oxidation sites excluding steroid dienone is 1. The van der Waals surface area contributed by atoms with Crippen LogP contribution in [0.15, 0.2) is 12.3 Å². The third kappa shape index (κ3) is 5.14. The molecule has 0 rings (SSSR count). The van der Waals surface area contributed by atoms with E-state index in [0.717, 1.165) is 12.3 Å². The van der Waals surface area contributed by atoms with E-state index in [1.807, 2.05) is 4.72 Å². The second kappa shape index (κ2) is 4.30. The van der Waals surface area contributed by atoms with E-state index in [-0.39, 0.29) is 0 Å². The quantitative estimate of drug-likeness (QED) is 0.402. The molecule has 0 aromatic rings. The molecular formula is C3H4N2O2S. The van der Waals surface area contributed by atoms with E-state index in [9.17, 15) is 4.21 Å². The van der Waals surface area contributed by atoms with Crippen LogP contribution >= 0.6 is 0 Å². The van der Waals surface area contributed by atoms with Crippen LogP contribution in [0.3, 0.4) is 0 Å². The Morgan fingerprint density at radius 3 is 2.88 bits per heavy atom. The van der Waals surface area contributed by atoms with E-state index >= 15 is 0 Å². The summed E-state index contributed by atoms with van der Waals surface area (Å²) in [5.74, 6) is 0. The summed E-state index contributed by atoms with van der Waals surface area (Å²) in [6.07, 6.45) is 2.16. The molecule has 8 heavy (non-hydrogen) atoms. The van der Waals surface area contributed by atoms with Crippen LogP contribution in [0, 0.1) is 11.3 Å². The molecule has 0 amide bonds. The van der Waals surface area contributed by atoms with Crippen molar-refractivity contribution in [3.05, 3.63) is 12.3 Å². The SMILES string of the molecule is N#CC=CNS(=O)O. The Hall–Kier alpha value is -0.860. The molecule has 1 atom stereocenters. The van der Waals surface area contributed by atoms with Gasteiger partial charge >= 0.3 is 0 Å². The number of nitrogens with one attached hydrogen (secondary N) is 1. The summed E-state index contributed by atoms with van der Waals surface area (Å²) in [6.45, 7) is 0. The maximum atomic E-state index is 9.71. The summed E-state index contributed by atoms with van der Waals surface area (Å²) in [5.41, 5.74) is 0. The Morgan fingerprint density at radius 2 is 2.50 bits per heavy atom. The minimum Gasteiger partial charge on any atom is -0.289 e. The van der Waals surface area contributed by atoms with Crippen LogP contribution in [0.4, 0.5) is 0 Å². The fourth-order valence-corrected chi connectivity index (χ4v) is 0.314. The zero-order valence-electron chi connectivity index (χ0n) is 3.87. The second-order valence-corrected chi connectivity index (χ2v) is 1.56. The van der Waals surface area contributed by atoms with Crippen molar-refractivity contribution in [1.82, 2.24) is 4.72 Å². The minimum atomic E-state index is -2.05. The molecular weight excluding hydrogens is 128 g/mol. The lowest BCUT2D eigenvalue weighted by atomic mass is 10.7. The molecule has 0 aromatic heterocycles. The molecule has 0 saturated carbocycles. The van der Waals surface area contributed by atoms with E-state index in [2.05, 4.69) is 0 Å². The number of rotatable bonds is 2. The zero-order valence-corrected chi connectivity index (χ0v) is 4.68. The molecule has 5 heteroatoms. The van der Waals surface area contributed by atoms with Crippen molar-refractivity contribution in [2.45, 2.75) is 0 Å².